The summed E-state index contributed by atoms with van der Waals surface area (Å²) in [5.41, 5.74) is 4.02. The number of primary amides is 1. The van der Waals surface area contributed by atoms with Crippen molar-refractivity contribution in [2.45, 2.75) is 44.6 Å². The van der Waals surface area contributed by atoms with Crippen LogP contribution in [0.4, 0.5) is 32.0 Å². The summed E-state index contributed by atoms with van der Waals surface area (Å²) in [6.07, 6.45) is -8.53. The van der Waals surface area contributed by atoms with Gasteiger partial charge in [-0.15, -0.1) is 11.3 Å². The van der Waals surface area contributed by atoms with E-state index in [1.54, 1.807) is 31.2 Å². The average Bonchev–Trinajstić information content (AvgIpc) is 3.53. The number of halogens is 7. The summed E-state index contributed by atoms with van der Waals surface area (Å²) in [7, 11) is 0. The molecule has 0 spiro atoms. The van der Waals surface area contributed by atoms with Crippen molar-refractivity contribution in [2.24, 2.45) is 5.73 Å². The Kier molecular flexibility index (Phi) is 6.81. The SMILES string of the molecule is Cc1ccc(-c2cc(C(F)(F)F)nc3sc(C(N)=O)c(NC(=O)Cn4nc(C(F)(F)F)c(Cl)c4C4CC4)c23)cc1. The second-order valence-corrected chi connectivity index (χ2v) is 10.7. The van der Waals surface area contributed by atoms with E-state index in [-0.39, 0.29) is 38.0 Å². The number of aryl methyl sites for hydroxylation is 1. The molecule has 3 heterocycles. The van der Waals surface area contributed by atoms with Gasteiger partial charge in [0, 0.05) is 11.3 Å². The molecule has 40 heavy (non-hydrogen) atoms. The fraction of sp³-hybridized carbons (Fsp3) is 0.280. The van der Waals surface area contributed by atoms with E-state index >= 15 is 0 Å². The number of nitrogens with zero attached hydrogens (tertiary/aromatic N) is 3. The van der Waals surface area contributed by atoms with Crippen LogP contribution in [0.5, 0.6) is 0 Å². The molecule has 4 aromatic rings. The summed E-state index contributed by atoms with van der Waals surface area (Å²) in [4.78, 5) is 28.6. The Morgan fingerprint density at radius 2 is 1.77 bits per heavy atom. The zero-order valence-electron chi connectivity index (χ0n) is 20.4. The van der Waals surface area contributed by atoms with E-state index in [1.165, 1.54) is 0 Å². The van der Waals surface area contributed by atoms with Gasteiger partial charge in [0.15, 0.2) is 5.69 Å². The van der Waals surface area contributed by atoms with Crippen LogP contribution >= 0.6 is 22.9 Å². The number of thiophene rings is 1. The van der Waals surface area contributed by atoms with Gasteiger partial charge in [-0.25, -0.2) is 4.98 Å². The van der Waals surface area contributed by atoms with Crippen LogP contribution in [0.2, 0.25) is 5.02 Å². The molecule has 3 aromatic heterocycles. The fourth-order valence-electron chi connectivity index (χ4n) is 4.31. The summed E-state index contributed by atoms with van der Waals surface area (Å²) in [5, 5.41) is 5.42. The van der Waals surface area contributed by atoms with E-state index in [2.05, 4.69) is 15.4 Å². The van der Waals surface area contributed by atoms with E-state index < -0.39 is 47.1 Å². The molecule has 0 bridgehead atoms. The minimum atomic E-state index is -4.85. The lowest BCUT2D eigenvalue weighted by Gasteiger charge is -2.13. The second-order valence-electron chi connectivity index (χ2n) is 9.30. The average molecular weight is 602 g/mol. The van der Waals surface area contributed by atoms with Crippen LogP contribution in [0.15, 0.2) is 30.3 Å². The van der Waals surface area contributed by atoms with E-state index in [0.717, 1.165) is 16.3 Å². The first-order valence-corrected chi connectivity index (χ1v) is 12.9. The van der Waals surface area contributed by atoms with Crippen LogP contribution in [-0.4, -0.2) is 26.6 Å². The number of nitrogens with two attached hydrogens (primary N) is 1. The number of alkyl halides is 6. The molecule has 0 saturated heterocycles. The normalized spacial score (nSPS) is 14.1. The van der Waals surface area contributed by atoms with Gasteiger partial charge < -0.3 is 11.1 Å². The molecule has 1 saturated carbocycles. The molecule has 1 aromatic carbocycles. The highest BCUT2D eigenvalue weighted by Gasteiger charge is 2.42. The van der Waals surface area contributed by atoms with Gasteiger partial charge in [0.25, 0.3) is 5.91 Å². The maximum Gasteiger partial charge on any atom is 0.436 e. The van der Waals surface area contributed by atoms with Gasteiger partial charge in [0.1, 0.15) is 21.9 Å². The fourth-order valence-corrected chi connectivity index (χ4v) is 5.72. The molecule has 0 radical (unpaired) electrons. The summed E-state index contributed by atoms with van der Waals surface area (Å²) in [5.74, 6) is -2.24. The Morgan fingerprint density at radius 1 is 1.12 bits per heavy atom. The molecular formula is C25H18ClF6N5O2S. The Labute approximate surface area is 230 Å². The van der Waals surface area contributed by atoms with Crippen LogP contribution in [0.25, 0.3) is 21.3 Å². The lowest BCUT2D eigenvalue weighted by Crippen LogP contribution is -2.23. The van der Waals surface area contributed by atoms with Crippen molar-refractivity contribution in [2.75, 3.05) is 5.32 Å². The number of aromatic nitrogens is 3. The Bertz CT molecular complexity index is 1660. The molecule has 7 nitrogen and oxygen atoms in total. The van der Waals surface area contributed by atoms with Crippen molar-refractivity contribution < 1.29 is 35.9 Å². The van der Waals surface area contributed by atoms with Crippen LogP contribution in [0.1, 0.15) is 51.1 Å². The minimum absolute atomic E-state index is 0.0246. The summed E-state index contributed by atoms with van der Waals surface area (Å²) < 4.78 is 82.3. The van der Waals surface area contributed by atoms with Crippen molar-refractivity contribution >= 4 is 50.7 Å². The van der Waals surface area contributed by atoms with Crippen molar-refractivity contribution in [3.8, 4) is 11.1 Å². The molecule has 0 aliphatic heterocycles. The lowest BCUT2D eigenvalue weighted by atomic mass is 10.00. The number of benzene rings is 1. The Morgan fingerprint density at radius 3 is 2.33 bits per heavy atom. The molecule has 5 rings (SSSR count). The Hall–Kier alpha value is -3.65. The summed E-state index contributed by atoms with van der Waals surface area (Å²) in [6, 6.07) is 7.29. The number of nitrogens with one attached hydrogen (secondary N) is 1. The highest BCUT2D eigenvalue weighted by Crippen LogP contribution is 2.47. The third-order valence-corrected chi connectivity index (χ3v) is 7.73. The first-order chi connectivity index (χ1) is 18.6. The highest BCUT2D eigenvalue weighted by molar-refractivity contribution is 7.21. The Balaban J connectivity index is 1.62. The van der Waals surface area contributed by atoms with Crippen LogP contribution < -0.4 is 11.1 Å². The second kappa shape index (κ2) is 9.77. The smallest absolute Gasteiger partial charge is 0.365 e. The molecular weight excluding hydrogens is 584 g/mol. The van der Waals surface area contributed by atoms with Gasteiger partial charge in [-0.1, -0.05) is 41.4 Å². The van der Waals surface area contributed by atoms with Crippen LogP contribution in [0.3, 0.4) is 0 Å². The van der Waals surface area contributed by atoms with Crippen molar-refractivity contribution in [1.29, 1.82) is 0 Å². The van der Waals surface area contributed by atoms with Crippen LogP contribution in [0, 0.1) is 6.92 Å². The predicted molar refractivity (Wildman–Crippen MR) is 136 cm³/mol. The van der Waals surface area contributed by atoms with E-state index in [9.17, 15) is 35.9 Å². The number of fused-ring (bicyclic) bond motifs is 1. The molecule has 1 aliphatic rings. The number of amides is 2. The first-order valence-electron chi connectivity index (χ1n) is 11.7. The number of rotatable bonds is 6. The molecule has 15 heteroatoms. The maximum absolute atomic E-state index is 13.7. The molecule has 1 aliphatic carbocycles. The first kappa shape index (κ1) is 27.9. The van der Waals surface area contributed by atoms with E-state index in [0.29, 0.717) is 29.7 Å². The highest BCUT2D eigenvalue weighted by atomic mass is 35.5. The quantitative estimate of drug-likeness (QED) is 0.238. The van der Waals surface area contributed by atoms with Crippen LogP contribution in [-0.2, 0) is 23.7 Å². The lowest BCUT2D eigenvalue weighted by molar-refractivity contribution is -0.142. The third-order valence-electron chi connectivity index (χ3n) is 6.26. The monoisotopic (exact) mass is 601 g/mol. The zero-order chi connectivity index (χ0) is 29.1. The molecule has 3 N–H and O–H groups in total. The minimum Gasteiger partial charge on any atom is -0.365 e. The van der Waals surface area contributed by atoms with Crippen molar-refractivity contribution in [3.63, 3.8) is 0 Å². The standard InChI is InChI=1S/C25H18ClF6N5O2S/c1-10-2-4-11(5-3-10)13-8-14(24(27,28)29)34-23-16(13)18(20(40-23)22(33)39)35-15(38)9-37-19(12-6-7-12)17(26)21(36-37)25(30,31)32/h2-5,8,12H,6-7,9H2,1H3,(H2,33,39)(H,35,38). The third kappa shape index (κ3) is 5.24. The number of hydrogen-bond donors (Lipinski definition) is 2. The number of carbonyl (C=O) groups is 2. The molecule has 1 fully saturated rings. The maximum atomic E-state index is 13.7. The molecule has 2 amide bonds. The van der Waals surface area contributed by atoms with Gasteiger partial charge in [-0.05, 0) is 37.0 Å². The molecule has 0 atom stereocenters. The number of carbonyl (C=O) groups excluding carboxylic acids is 2. The van der Waals surface area contributed by atoms with Gasteiger partial charge in [-0.2, -0.15) is 31.4 Å². The zero-order valence-corrected chi connectivity index (χ0v) is 21.9. The summed E-state index contributed by atoms with van der Waals surface area (Å²) in [6.45, 7) is 1.08. The summed E-state index contributed by atoms with van der Waals surface area (Å²) >= 11 is 6.53. The molecule has 0 unspecified atom stereocenters. The number of hydrogen-bond acceptors (Lipinski definition) is 5. The van der Waals surface area contributed by atoms with E-state index in [4.69, 9.17) is 17.3 Å². The van der Waals surface area contributed by atoms with Crippen molar-refractivity contribution in [3.05, 3.63) is 62.9 Å². The largest absolute Gasteiger partial charge is 0.436 e. The van der Waals surface area contributed by atoms with Gasteiger partial charge in [0.2, 0.25) is 5.91 Å². The van der Waals surface area contributed by atoms with Gasteiger partial charge >= 0.3 is 12.4 Å². The van der Waals surface area contributed by atoms with Gasteiger partial charge in [-0.3, -0.25) is 14.3 Å². The predicted octanol–water partition coefficient (Wildman–Crippen LogP) is 6.77. The van der Waals surface area contributed by atoms with E-state index in [1.807, 2.05) is 0 Å². The van der Waals surface area contributed by atoms with Gasteiger partial charge in [0.05, 0.1) is 16.4 Å². The number of anilines is 1. The van der Waals surface area contributed by atoms with Crippen molar-refractivity contribution in [1.82, 2.24) is 14.8 Å². The topological polar surface area (TPSA) is 103 Å². The molecule has 210 valence electrons. The number of pyridine rings is 1.